The molecular formula is C16H22N2O2. The maximum absolute atomic E-state index is 5.49. The Labute approximate surface area is 120 Å². The quantitative estimate of drug-likeness (QED) is 0.912. The van der Waals surface area contributed by atoms with E-state index < -0.39 is 0 Å². The second-order valence-corrected chi connectivity index (χ2v) is 6.24. The lowest BCUT2D eigenvalue weighted by atomic mass is 10.0. The van der Waals surface area contributed by atoms with Crippen LogP contribution in [0.2, 0.25) is 0 Å². The fourth-order valence-corrected chi connectivity index (χ4v) is 3.98. The Morgan fingerprint density at radius 3 is 2.95 bits per heavy atom. The Hall–Kier alpha value is -1.26. The van der Waals surface area contributed by atoms with Crippen LogP contribution in [-0.2, 0) is 0 Å². The van der Waals surface area contributed by atoms with Gasteiger partial charge in [0.1, 0.15) is 0 Å². The Morgan fingerprint density at radius 2 is 2.20 bits per heavy atom. The van der Waals surface area contributed by atoms with Gasteiger partial charge in [0.05, 0.1) is 0 Å². The normalized spacial score (nSPS) is 29.1. The SMILES string of the molecule is CNC(CN1CC2CCC1C2)c1ccc2c(c1)OCO2. The molecule has 0 spiro atoms. The predicted molar refractivity (Wildman–Crippen MR) is 77.1 cm³/mol. The number of piperidine rings is 1. The van der Waals surface area contributed by atoms with E-state index in [2.05, 4.69) is 22.3 Å². The molecule has 4 heteroatoms. The Morgan fingerprint density at radius 1 is 1.30 bits per heavy atom. The zero-order chi connectivity index (χ0) is 13.5. The highest BCUT2D eigenvalue weighted by Crippen LogP contribution is 2.39. The molecule has 0 aromatic heterocycles. The van der Waals surface area contributed by atoms with Crippen molar-refractivity contribution in [3.05, 3.63) is 23.8 Å². The zero-order valence-corrected chi connectivity index (χ0v) is 12.0. The van der Waals surface area contributed by atoms with Gasteiger partial charge in [0.25, 0.3) is 0 Å². The zero-order valence-electron chi connectivity index (χ0n) is 12.0. The van der Waals surface area contributed by atoms with Crippen molar-refractivity contribution < 1.29 is 9.47 Å². The van der Waals surface area contributed by atoms with Gasteiger partial charge in [0.15, 0.2) is 11.5 Å². The second-order valence-electron chi connectivity index (χ2n) is 6.24. The topological polar surface area (TPSA) is 33.7 Å². The highest BCUT2D eigenvalue weighted by Gasteiger charge is 2.38. The molecule has 0 amide bonds. The Kier molecular flexibility index (Phi) is 3.08. The smallest absolute Gasteiger partial charge is 0.231 e. The fourth-order valence-electron chi connectivity index (χ4n) is 3.98. The Balaban J connectivity index is 1.50. The van der Waals surface area contributed by atoms with Crippen LogP contribution in [0.4, 0.5) is 0 Å². The van der Waals surface area contributed by atoms with Gasteiger partial charge in [-0.1, -0.05) is 6.07 Å². The maximum atomic E-state index is 5.49. The van der Waals surface area contributed by atoms with Gasteiger partial charge >= 0.3 is 0 Å². The minimum atomic E-state index is 0.346. The van der Waals surface area contributed by atoms with Gasteiger partial charge in [0, 0.05) is 25.2 Å². The van der Waals surface area contributed by atoms with Gasteiger partial charge in [-0.2, -0.15) is 0 Å². The number of hydrogen-bond donors (Lipinski definition) is 1. The van der Waals surface area contributed by atoms with Crippen molar-refractivity contribution in [2.75, 3.05) is 26.9 Å². The molecule has 108 valence electrons. The van der Waals surface area contributed by atoms with Gasteiger partial charge < -0.3 is 14.8 Å². The fraction of sp³-hybridized carbons (Fsp3) is 0.625. The predicted octanol–water partition coefficient (Wildman–Crippen LogP) is 2.16. The highest BCUT2D eigenvalue weighted by atomic mass is 16.7. The average Bonchev–Trinajstić information content (AvgIpc) is 3.19. The van der Waals surface area contributed by atoms with Crippen LogP contribution in [-0.4, -0.2) is 37.9 Å². The van der Waals surface area contributed by atoms with Crippen LogP contribution in [0.1, 0.15) is 30.9 Å². The lowest BCUT2D eigenvalue weighted by Gasteiger charge is -2.31. The van der Waals surface area contributed by atoms with Gasteiger partial charge in [0.2, 0.25) is 6.79 Å². The molecule has 2 aliphatic heterocycles. The molecule has 3 atom stereocenters. The minimum absolute atomic E-state index is 0.346. The van der Waals surface area contributed by atoms with E-state index in [9.17, 15) is 0 Å². The van der Waals surface area contributed by atoms with Crippen LogP contribution in [0.5, 0.6) is 11.5 Å². The van der Waals surface area contributed by atoms with Crippen molar-refractivity contribution in [2.45, 2.75) is 31.3 Å². The summed E-state index contributed by atoms with van der Waals surface area (Å²) in [5.41, 5.74) is 1.29. The van der Waals surface area contributed by atoms with E-state index in [1.165, 1.54) is 31.4 Å². The monoisotopic (exact) mass is 274 g/mol. The van der Waals surface area contributed by atoms with Gasteiger partial charge in [-0.05, 0) is 49.9 Å². The number of likely N-dealkylation sites (N-methyl/N-ethyl adjacent to an activating group) is 1. The van der Waals surface area contributed by atoms with Crippen molar-refractivity contribution in [3.8, 4) is 11.5 Å². The molecule has 1 aromatic rings. The van der Waals surface area contributed by atoms with E-state index in [-0.39, 0.29) is 0 Å². The summed E-state index contributed by atoms with van der Waals surface area (Å²) in [6.07, 6.45) is 4.25. The molecule has 20 heavy (non-hydrogen) atoms. The molecule has 0 radical (unpaired) electrons. The molecule has 3 unspecified atom stereocenters. The van der Waals surface area contributed by atoms with Crippen LogP contribution in [0.15, 0.2) is 18.2 Å². The molecule has 4 nitrogen and oxygen atoms in total. The lowest BCUT2D eigenvalue weighted by Crippen LogP contribution is -2.38. The molecule has 1 aromatic carbocycles. The molecule has 2 bridgehead atoms. The molecule has 3 aliphatic rings. The minimum Gasteiger partial charge on any atom is -0.454 e. The summed E-state index contributed by atoms with van der Waals surface area (Å²) in [6, 6.07) is 7.49. The molecule has 1 N–H and O–H groups in total. The number of hydrogen-bond acceptors (Lipinski definition) is 4. The number of nitrogens with one attached hydrogen (secondary N) is 1. The standard InChI is InChI=1S/C16H22N2O2/c1-17-14(9-18-8-11-2-4-13(18)6-11)12-3-5-15-16(7-12)20-10-19-15/h3,5,7,11,13-14,17H,2,4,6,8-10H2,1H3. The molecule has 1 saturated heterocycles. The summed E-state index contributed by atoms with van der Waals surface area (Å²) in [7, 11) is 2.05. The highest BCUT2D eigenvalue weighted by molar-refractivity contribution is 5.45. The second kappa shape index (κ2) is 4.93. The van der Waals surface area contributed by atoms with Crippen LogP contribution in [0.25, 0.3) is 0 Å². The van der Waals surface area contributed by atoms with E-state index >= 15 is 0 Å². The summed E-state index contributed by atoms with van der Waals surface area (Å²) in [5, 5.41) is 3.46. The van der Waals surface area contributed by atoms with Gasteiger partial charge in [-0.3, -0.25) is 4.90 Å². The summed E-state index contributed by atoms with van der Waals surface area (Å²) in [5.74, 6) is 2.70. The van der Waals surface area contributed by atoms with Crippen LogP contribution in [0, 0.1) is 5.92 Å². The van der Waals surface area contributed by atoms with E-state index in [4.69, 9.17) is 9.47 Å². The molecule has 4 rings (SSSR count). The first-order valence-corrected chi connectivity index (χ1v) is 7.64. The van der Waals surface area contributed by atoms with E-state index in [0.29, 0.717) is 12.8 Å². The molecular weight excluding hydrogens is 252 g/mol. The first-order chi connectivity index (χ1) is 9.83. The third kappa shape index (κ3) is 2.07. The molecule has 1 saturated carbocycles. The summed E-state index contributed by atoms with van der Waals surface area (Å²) in [4.78, 5) is 2.67. The Bertz CT molecular complexity index is 505. The summed E-state index contributed by atoms with van der Waals surface area (Å²) in [6.45, 7) is 2.73. The molecule has 2 heterocycles. The number of ether oxygens (including phenoxy) is 2. The van der Waals surface area contributed by atoms with Crippen LogP contribution in [0.3, 0.4) is 0 Å². The number of likely N-dealkylation sites (tertiary alicyclic amines) is 1. The third-order valence-corrected chi connectivity index (χ3v) is 5.09. The van der Waals surface area contributed by atoms with Crippen molar-refractivity contribution in [1.29, 1.82) is 0 Å². The van der Waals surface area contributed by atoms with Crippen LogP contribution >= 0.6 is 0 Å². The van der Waals surface area contributed by atoms with Crippen molar-refractivity contribution in [3.63, 3.8) is 0 Å². The van der Waals surface area contributed by atoms with Crippen molar-refractivity contribution in [2.24, 2.45) is 5.92 Å². The molecule has 2 fully saturated rings. The molecule has 1 aliphatic carbocycles. The largest absolute Gasteiger partial charge is 0.454 e. The first kappa shape index (κ1) is 12.5. The summed E-state index contributed by atoms with van der Waals surface area (Å²) < 4.78 is 10.9. The third-order valence-electron chi connectivity index (χ3n) is 5.09. The van der Waals surface area contributed by atoms with E-state index in [1.54, 1.807) is 0 Å². The van der Waals surface area contributed by atoms with Gasteiger partial charge in [-0.15, -0.1) is 0 Å². The van der Waals surface area contributed by atoms with Crippen LogP contribution < -0.4 is 14.8 Å². The van der Waals surface area contributed by atoms with Crippen molar-refractivity contribution >= 4 is 0 Å². The number of nitrogens with zero attached hydrogens (tertiary/aromatic N) is 1. The lowest BCUT2D eigenvalue weighted by molar-refractivity contribution is 0.173. The number of benzene rings is 1. The number of rotatable bonds is 4. The van der Waals surface area contributed by atoms with E-state index in [0.717, 1.165) is 30.0 Å². The summed E-state index contributed by atoms with van der Waals surface area (Å²) >= 11 is 0. The van der Waals surface area contributed by atoms with Gasteiger partial charge in [-0.25, -0.2) is 0 Å². The maximum Gasteiger partial charge on any atom is 0.231 e. The first-order valence-electron chi connectivity index (χ1n) is 7.64. The average molecular weight is 274 g/mol. The van der Waals surface area contributed by atoms with E-state index in [1.807, 2.05) is 13.1 Å². The number of fused-ring (bicyclic) bond motifs is 3. The van der Waals surface area contributed by atoms with Crippen molar-refractivity contribution in [1.82, 2.24) is 10.2 Å².